The predicted octanol–water partition coefficient (Wildman–Crippen LogP) is 4.43. The highest BCUT2D eigenvalue weighted by Crippen LogP contribution is 2.21. The quantitative estimate of drug-likeness (QED) is 0.495. The van der Waals surface area contributed by atoms with Gasteiger partial charge in [-0.05, 0) is 79.2 Å². The lowest BCUT2D eigenvalue weighted by atomic mass is 10.2. The van der Waals surface area contributed by atoms with E-state index in [0.717, 1.165) is 0 Å². The average molecular weight is 459 g/mol. The van der Waals surface area contributed by atoms with Gasteiger partial charge in [0.15, 0.2) is 6.10 Å². The van der Waals surface area contributed by atoms with Gasteiger partial charge in [-0.25, -0.2) is 12.8 Å². The van der Waals surface area contributed by atoms with Crippen molar-refractivity contribution in [2.75, 3.05) is 17.1 Å². The lowest BCUT2D eigenvalue weighted by molar-refractivity contribution is -0.122. The lowest BCUT2D eigenvalue weighted by Gasteiger charge is -2.17. The first-order valence-corrected chi connectivity index (χ1v) is 11.3. The Labute approximate surface area is 186 Å². The first-order valence-electron chi connectivity index (χ1n) is 9.81. The van der Waals surface area contributed by atoms with Crippen molar-refractivity contribution in [3.8, 4) is 11.5 Å². The summed E-state index contributed by atoms with van der Waals surface area (Å²) < 4.78 is 51.4. The first-order chi connectivity index (χ1) is 15.3. The molecule has 32 heavy (non-hydrogen) atoms. The molecule has 3 aromatic rings. The highest BCUT2D eigenvalue weighted by atomic mass is 32.2. The zero-order chi connectivity index (χ0) is 23.1. The molecule has 3 rings (SSSR count). The molecular weight excluding hydrogens is 435 g/mol. The Morgan fingerprint density at radius 1 is 0.906 bits per heavy atom. The fourth-order valence-electron chi connectivity index (χ4n) is 2.81. The first kappa shape index (κ1) is 23.1. The minimum atomic E-state index is -3.80. The van der Waals surface area contributed by atoms with Gasteiger partial charge >= 0.3 is 0 Å². The largest absolute Gasteiger partial charge is 0.497 e. The molecule has 0 aliphatic rings. The molecule has 0 heterocycles. The number of hydrogen-bond acceptors (Lipinski definition) is 5. The third-order valence-corrected chi connectivity index (χ3v) is 5.93. The molecule has 0 unspecified atom stereocenters. The number of amides is 1. The van der Waals surface area contributed by atoms with Gasteiger partial charge in [-0.15, -0.1) is 0 Å². The standard InChI is InChI=1S/C23H23FN2O5S/c1-3-22(31-20-10-4-16(24)5-11-20)23(27)25-17-8-14-21(15-9-17)32(28,29)26-18-6-12-19(30-2)13-7-18/h4-15,22,26H,3H2,1-2H3,(H,25,27)/t22-/m1/s1. The van der Waals surface area contributed by atoms with Gasteiger partial charge in [-0.3, -0.25) is 9.52 Å². The molecule has 168 valence electrons. The highest BCUT2D eigenvalue weighted by Gasteiger charge is 2.19. The van der Waals surface area contributed by atoms with Gasteiger partial charge in [-0.2, -0.15) is 0 Å². The molecular formula is C23H23FN2O5S. The third-order valence-electron chi connectivity index (χ3n) is 4.53. The second-order valence-electron chi connectivity index (χ2n) is 6.82. The molecule has 1 amide bonds. The summed E-state index contributed by atoms with van der Waals surface area (Å²) >= 11 is 0. The molecule has 1 atom stereocenters. The van der Waals surface area contributed by atoms with Crippen molar-refractivity contribution < 1.29 is 27.1 Å². The van der Waals surface area contributed by atoms with Crippen LogP contribution in [-0.2, 0) is 14.8 Å². The summed E-state index contributed by atoms with van der Waals surface area (Å²) in [5.74, 6) is 0.191. The Morgan fingerprint density at radius 2 is 1.47 bits per heavy atom. The van der Waals surface area contributed by atoms with Crippen LogP contribution in [-0.4, -0.2) is 27.5 Å². The van der Waals surface area contributed by atoms with Crippen molar-refractivity contribution in [1.29, 1.82) is 0 Å². The molecule has 0 radical (unpaired) electrons. The van der Waals surface area contributed by atoms with Gasteiger partial charge in [0.2, 0.25) is 0 Å². The average Bonchev–Trinajstić information content (AvgIpc) is 2.79. The summed E-state index contributed by atoms with van der Waals surface area (Å²) in [4.78, 5) is 12.6. The molecule has 0 aliphatic heterocycles. The molecule has 0 aromatic heterocycles. The summed E-state index contributed by atoms with van der Waals surface area (Å²) in [5.41, 5.74) is 0.812. The van der Waals surface area contributed by atoms with Crippen LogP contribution in [0.25, 0.3) is 0 Å². The lowest BCUT2D eigenvalue weighted by Crippen LogP contribution is -2.32. The minimum Gasteiger partial charge on any atom is -0.497 e. The summed E-state index contributed by atoms with van der Waals surface area (Å²) in [6, 6.07) is 17.6. The molecule has 3 aromatic carbocycles. The Balaban J connectivity index is 1.64. The van der Waals surface area contributed by atoms with Gasteiger partial charge in [0.1, 0.15) is 17.3 Å². The summed E-state index contributed by atoms with van der Waals surface area (Å²) in [6.45, 7) is 1.79. The number of nitrogens with one attached hydrogen (secondary N) is 2. The summed E-state index contributed by atoms with van der Waals surface area (Å²) in [6.07, 6.45) is -0.401. The molecule has 2 N–H and O–H groups in total. The maximum Gasteiger partial charge on any atom is 0.265 e. The van der Waals surface area contributed by atoms with Crippen LogP contribution in [0.4, 0.5) is 15.8 Å². The normalized spacial score (nSPS) is 12.0. The van der Waals surface area contributed by atoms with Crippen molar-refractivity contribution in [1.82, 2.24) is 0 Å². The monoisotopic (exact) mass is 458 g/mol. The molecule has 0 bridgehead atoms. The van der Waals surface area contributed by atoms with E-state index in [2.05, 4.69) is 10.0 Å². The van der Waals surface area contributed by atoms with Crippen molar-refractivity contribution in [3.05, 3.63) is 78.6 Å². The fourth-order valence-corrected chi connectivity index (χ4v) is 3.87. The Bertz CT molecular complexity index is 1150. The van der Waals surface area contributed by atoms with E-state index in [9.17, 15) is 17.6 Å². The number of carbonyl (C=O) groups excluding carboxylic acids is 1. The number of sulfonamides is 1. The van der Waals surface area contributed by atoms with Crippen LogP contribution in [0.3, 0.4) is 0 Å². The van der Waals surface area contributed by atoms with Crippen molar-refractivity contribution >= 4 is 27.3 Å². The Hall–Kier alpha value is -3.59. The SMILES string of the molecule is CC[C@@H](Oc1ccc(F)cc1)C(=O)Nc1ccc(S(=O)(=O)Nc2ccc(OC)cc2)cc1. The van der Waals surface area contributed by atoms with Crippen LogP contribution in [0, 0.1) is 5.82 Å². The predicted molar refractivity (Wildman–Crippen MR) is 120 cm³/mol. The second kappa shape index (κ2) is 10.1. The van der Waals surface area contributed by atoms with E-state index in [1.54, 1.807) is 31.2 Å². The number of benzene rings is 3. The number of methoxy groups -OCH3 is 1. The third kappa shape index (κ3) is 5.98. The van der Waals surface area contributed by atoms with E-state index in [1.165, 1.54) is 55.6 Å². The number of rotatable bonds is 9. The number of ether oxygens (including phenoxy) is 2. The van der Waals surface area contributed by atoms with Crippen LogP contribution in [0.5, 0.6) is 11.5 Å². The Kier molecular flexibility index (Phi) is 7.32. The Morgan fingerprint density at radius 3 is 2.03 bits per heavy atom. The topological polar surface area (TPSA) is 93.7 Å². The number of carbonyl (C=O) groups is 1. The minimum absolute atomic E-state index is 0.0425. The molecule has 0 saturated heterocycles. The van der Waals surface area contributed by atoms with Crippen molar-refractivity contribution in [2.24, 2.45) is 0 Å². The molecule has 0 fully saturated rings. The summed E-state index contributed by atoms with van der Waals surface area (Å²) in [7, 11) is -2.28. The van der Waals surface area contributed by atoms with Crippen LogP contribution in [0.1, 0.15) is 13.3 Å². The smallest absolute Gasteiger partial charge is 0.265 e. The van der Waals surface area contributed by atoms with E-state index >= 15 is 0 Å². The molecule has 0 spiro atoms. The van der Waals surface area contributed by atoms with Gasteiger partial charge in [0, 0.05) is 11.4 Å². The number of hydrogen-bond donors (Lipinski definition) is 2. The fraction of sp³-hybridized carbons (Fsp3) is 0.174. The maximum atomic E-state index is 13.0. The second-order valence-corrected chi connectivity index (χ2v) is 8.50. The number of anilines is 2. The van der Waals surface area contributed by atoms with E-state index in [1.807, 2.05) is 0 Å². The van der Waals surface area contributed by atoms with Crippen LogP contribution in [0.15, 0.2) is 77.7 Å². The van der Waals surface area contributed by atoms with Gasteiger partial charge in [0.25, 0.3) is 15.9 Å². The van der Waals surface area contributed by atoms with Crippen molar-refractivity contribution in [2.45, 2.75) is 24.3 Å². The van der Waals surface area contributed by atoms with Crippen LogP contribution < -0.4 is 19.5 Å². The van der Waals surface area contributed by atoms with E-state index in [-0.39, 0.29) is 4.90 Å². The molecule has 9 heteroatoms. The van der Waals surface area contributed by atoms with Crippen LogP contribution in [0.2, 0.25) is 0 Å². The zero-order valence-electron chi connectivity index (χ0n) is 17.5. The van der Waals surface area contributed by atoms with E-state index < -0.39 is 27.9 Å². The van der Waals surface area contributed by atoms with Gasteiger partial charge < -0.3 is 14.8 Å². The number of halogens is 1. The highest BCUT2D eigenvalue weighted by molar-refractivity contribution is 7.92. The van der Waals surface area contributed by atoms with Gasteiger partial charge in [0.05, 0.1) is 12.0 Å². The molecule has 0 aliphatic carbocycles. The van der Waals surface area contributed by atoms with Crippen LogP contribution >= 0.6 is 0 Å². The summed E-state index contributed by atoms with van der Waals surface area (Å²) in [5, 5.41) is 2.70. The van der Waals surface area contributed by atoms with Crippen molar-refractivity contribution in [3.63, 3.8) is 0 Å². The zero-order valence-corrected chi connectivity index (χ0v) is 18.4. The molecule has 0 saturated carbocycles. The van der Waals surface area contributed by atoms with Gasteiger partial charge in [-0.1, -0.05) is 6.92 Å². The van der Waals surface area contributed by atoms with E-state index in [0.29, 0.717) is 29.3 Å². The molecule has 7 nitrogen and oxygen atoms in total. The van der Waals surface area contributed by atoms with E-state index in [4.69, 9.17) is 9.47 Å². The maximum absolute atomic E-state index is 13.0.